The number of benzene rings is 1. The van der Waals surface area contributed by atoms with Crippen LogP contribution in [0.4, 0.5) is 0 Å². The van der Waals surface area contributed by atoms with Crippen LogP contribution in [0.2, 0.25) is 0 Å². The fourth-order valence-electron chi connectivity index (χ4n) is 1.37. The van der Waals surface area contributed by atoms with Gasteiger partial charge in [-0.05, 0) is 18.4 Å². The molecule has 0 saturated carbocycles. The molecule has 2 N–H and O–H groups in total. The van der Waals surface area contributed by atoms with E-state index in [1.165, 1.54) is 0 Å². The lowest BCUT2D eigenvalue weighted by Gasteiger charge is -2.22. The van der Waals surface area contributed by atoms with Gasteiger partial charge in [0.25, 0.3) is 0 Å². The van der Waals surface area contributed by atoms with Gasteiger partial charge < -0.3 is 0 Å². The second-order valence-corrected chi connectivity index (χ2v) is 7.19. The van der Waals surface area contributed by atoms with E-state index in [9.17, 15) is 8.42 Å². The first kappa shape index (κ1) is 16.0. The number of aryl methyl sites for hydroxylation is 1. The van der Waals surface area contributed by atoms with Gasteiger partial charge in [-0.2, -0.15) is 8.42 Å². The van der Waals surface area contributed by atoms with Gasteiger partial charge in [0.15, 0.2) is 0 Å². The highest BCUT2D eigenvalue weighted by Gasteiger charge is 2.36. The zero-order valence-electron chi connectivity index (χ0n) is 9.22. The summed E-state index contributed by atoms with van der Waals surface area (Å²) in [6.45, 7) is 0. The van der Waals surface area contributed by atoms with Gasteiger partial charge in [-0.25, -0.2) is 5.14 Å². The SMILES string of the molecule is NS(=O)(=O)OC(CCc1ccccc1)C(Cl)(Cl)Cl. The molecule has 1 aromatic carbocycles. The maximum atomic E-state index is 10.9. The molecule has 0 aliphatic carbocycles. The Hall–Kier alpha value is -0.0400. The predicted octanol–water partition coefficient (Wildman–Crippen LogP) is 2.58. The molecule has 0 saturated heterocycles. The lowest BCUT2D eigenvalue weighted by Crippen LogP contribution is -2.34. The average Bonchev–Trinajstić information content (AvgIpc) is 2.22. The highest BCUT2D eigenvalue weighted by Crippen LogP contribution is 2.35. The Balaban J connectivity index is 2.69. The van der Waals surface area contributed by atoms with Crippen molar-refractivity contribution < 1.29 is 12.6 Å². The molecule has 1 aromatic rings. The fourth-order valence-corrected chi connectivity index (χ4v) is 2.55. The van der Waals surface area contributed by atoms with E-state index in [0.29, 0.717) is 6.42 Å². The molecule has 102 valence electrons. The zero-order chi connectivity index (χ0) is 13.8. The van der Waals surface area contributed by atoms with E-state index in [0.717, 1.165) is 5.56 Å². The molecule has 0 aliphatic rings. The van der Waals surface area contributed by atoms with Crippen LogP contribution in [0.5, 0.6) is 0 Å². The van der Waals surface area contributed by atoms with Gasteiger partial charge in [-0.15, -0.1) is 0 Å². The molecule has 8 heteroatoms. The topological polar surface area (TPSA) is 69.4 Å². The molecular formula is C10H12Cl3NO3S. The molecule has 0 aromatic heterocycles. The number of hydrogen-bond acceptors (Lipinski definition) is 3. The Bertz CT molecular complexity index is 473. The second-order valence-electron chi connectivity index (χ2n) is 3.64. The first-order valence-corrected chi connectivity index (χ1v) is 7.60. The quantitative estimate of drug-likeness (QED) is 0.843. The lowest BCUT2D eigenvalue weighted by molar-refractivity contribution is 0.203. The molecule has 1 unspecified atom stereocenters. The lowest BCUT2D eigenvalue weighted by atomic mass is 10.1. The van der Waals surface area contributed by atoms with Crippen LogP contribution in [-0.4, -0.2) is 18.3 Å². The smallest absolute Gasteiger partial charge is 0.250 e. The van der Waals surface area contributed by atoms with Crippen molar-refractivity contribution in [3.8, 4) is 0 Å². The molecular weight excluding hydrogens is 321 g/mol. The second kappa shape index (κ2) is 6.41. The average molecular weight is 333 g/mol. The van der Waals surface area contributed by atoms with Crippen molar-refractivity contribution in [2.24, 2.45) is 5.14 Å². The van der Waals surface area contributed by atoms with Crippen molar-refractivity contribution in [3.05, 3.63) is 35.9 Å². The first-order valence-electron chi connectivity index (χ1n) is 5.00. The van der Waals surface area contributed by atoms with Crippen LogP contribution >= 0.6 is 34.8 Å². The summed E-state index contributed by atoms with van der Waals surface area (Å²) in [6.07, 6.45) is -0.399. The van der Waals surface area contributed by atoms with Crippen molar-refractivity contribution in [1.82, 2.24) is 0 Å². The van der Waals surface area contributed by atoms with Gasteiger partial charge in [0.2, 0.25) is 3.79 Å². The highest BCUT2D eigenvalue weighted by molar-refractivity contribution is 7.84. The molecule has 0 bridgehead atoms. The van der Waals surface area contributed by atoms with Crippen molar-refractivity contribution in [2.75, 3.05) is 0 Å². The molecule has 1 rings (SSSR count). The molecule has 0 fully saturated rings. The van der Waals surface area contributed by atoms with E-state index >= 15 is 0 Å². The summed E-state index contributed by atoms with van der Waals surface area (Å²) in [6, 6.07) is 9.36. The van der Waals surface area contributed by atoms with E-state index in [4.69, 9.17) is 39.9 Å². The molecule has 0 amide bonds. The molecule has 18 heavy (non-hydrogen) atoms. The third-order valence-corrected chi connectivity index (χ3v) is 3.38. The van der Waals surface area contributed by atoms with Crippen molar-refractivity contribution in [3.63, 3.8) is 0 Å². The Labute approximate surface area is 121 Å². The van der Waals surface area contributed by atoms with Crippen LogP contribution in [0.3, 0.4) is 0 Å². The van der Waals surface area contributed by atoms with Gasteiger partial charge in [0.1, 0.15) is 6.10 Å². The summed E-state index contributed by atoms with van der Waals surface area (Å²) >= 11 is 17.0. The van der Waals surface area contributed by atoms with Crippen LogP contribution in [0.1, 0.15) is 12.0 Å². The van der Waals surface area contributed by atoms with Gasteiger partial charge in [-0.3, -0.25) is 4.18 Å². The summed E-state index contributed by atoms with van der Waals surface area (Å²) in [5.41, 5.74) is 0.981. The molecule has 0 radical (unpaired) electrons. The molecule has 0 heterocycles. The number of nitrogens with two attached hydrogens (primary N) is 1. The van der Waals surface area contributed by atoms with E-state index < -0.39 is 20.2 Å². The van der Waals surface area contributed by atoms with Gasteiger partial charge in [-0.1, -0.05) is 65.1 Å². The number of halogens is 3. The third-order valence-electron chi connectivity index (χ3n) is 2.15. The Kier molecular flexibility index (Phi) is 5.70. The van der Waals surface area contributed by atoms with Gasteiger partial charge >= 0.3 is 10.3 Å². The normalized spacial score (nSPS) is 14.4. The van der Waals surface area contributed by atoms with Crippen molar-refractivity contribution in [1.29, 1.82) is 0 Å². The van der Waals surface area contributed by atoms with Crippen LogP contribution in [0.25, 0.3) is 0 Å². The van der Waals surface area contributed by atoms with Gasteiger partial charge in [0.05, 0.1) is 0 Å². The largest absolute Gasteiger partial charge is 0.333 e. The minimum atomic E-state index is -4.16. The maximum absolute atomic E-state index is 10.9. The number of alkyl halides is 3. The molecule has 0 aliphatic heterocycles. The standard InChI is InChI=1S/C10H12Cl3NO3S/c11-10(12,13)9(17-18(14,15)16)7-6-8-4-2-1-3-5-8/h1-5,9H,6-7H2,(H2,14,15,16). The minimum Gasteiger partial charge on any atom is -0.250 e. The molecule has 4 nitrogen and oxygen atoms in total. The van der Waals surface area contributed by atoms with E-state index in [2.05, 4.69) is 4.18 Å². The van der Waals surface area contributed by atoms with Crippen molar-refractivity contribution >= 4 is 45.1 Å². The van der Waals surface area contributed by atoms with Crippen LogP contribution < -0.4 is 5.14 Å². The Morgan fingerprint density at radius 1 is 1.22 bits per heavy atom. The highest BCUT2D eigenvalue weighted by atomic mass is 35.6. The monoisotopic (exact) mass is 331 g/mol. The summed E-state index contributed by atoms with van der Waals surface area (Å²) < 4.78 is 24.5. The van der Waals surface area contributed by atoms with E-state index in [-0.39, 0.29) is 6.42 Å². The Morgan fingerprint density at radius 3 is 2.22 bits per heavy atom. The van der Waals surface area contributed by atoms with Gasteiger partial charge in [0, 0.05) is 0 Å². The van der Waals surface area contributed by atoms with Crippen molar-refractivity contribution in [2.45, 2.75) is 22.7 Å². The zero-order valence-corrected chi connectivity index (χ0v) is 12.3. The first-order chi connectivity index (χ1) is 8.18. The Morgan fingerprint density at radius 2 is 1.78 bits per heavy atom. The summed E-state index contributed by atoms with van der Waals surface area (Å²) in [4.78, 5) is 0. The molecule has 1 atom stereocenters. The third kappa shape index (κ3) is 6.22. The summed E-state index contributed by atoms with van der Waals surface area (Å²) in [5, 5.41) is 4.78. The van der Waals surface area contributed by atoms with Crippen LogP contribution in [0.15, 0.2) is 30.3 Å². The summed E-state index contributed by atoms with van der Waals surface area (Å²) in [7, 11) is -4.16. The maximum Gasteiger partial charge on any atom is 0.333 e. The van der Waals surface area contributed by atoms with E-state index in [1.54, 1.807) is 0 Å². The predicted molar refractivity (Wildman–Crippen MR) is 73.0 cm³/mol. The number of rotatable bonds is 5. The van der Waals surface area contributed by atoms with Crippen LogP contribution in [-0.2, 0) is 20.9 Å². The van der Waals surface area contributed by atoms with Crippen LogP contribution in [0, 0.1) is 0 Å². The minimum absolute atomic E-state index is 0.219. The molecule has 0 spiro atoms. The van der Waals surface area contributed by atoms with E-state index in [1.807, 2.05) is 30.3 Å². The fraction of sp³-hybridized carbons (Fsp3) is 0.400. The number of hydrogen-bond donors (Lipinski definition) is 1. The summed E-state index contributed by atoms with van der Waals surface area (Å²) in [5.74, 6) is 0.